The molecule has 0 spiro atoms. The summed E-state index contributed by atoms with van der Waals surface area (Å²) in [6, 6.07) is 26.3. The summed E-state index contributed by atoms with van der Waals surface area (Å²) in [6.45, 7) is 3.80. The van der Waals surface area contributed by atoms with Gasteiger partial charge >= 0.3 is 11.9 Å². The lowest BCUT2D eigenvalue weighted by molar-refractivity contribution is 0.0268. The highest BCUT2D eigenvalue weighted by Crippen LogP contribution is 2.13. The Kier molecular flexibility index (Phi) is 9.83. The maximum absolute atomic E-state index is 12.4. The van der Waals surface area contributed by atoms with Gasteiger partial charge in [0.2, 0.25) is 0 Å². The molecule has 2 unspecified atom stereocenters. The second-order valence-electron chi connectivity index (χ2n) is 7.62. The van der Waals surface area contributed by atoms with E-state index in [0.29, 0.717) is 23.1 Å². The smallest absolute Gasteiger partial charge is 0.338 e. The molecular weight excluding hydrogens is 418 g/mol. The van der Waals surface area contributed by atoms with Crippen LogP contribution in [0.5, 0.6) is 0 Å². The number of rotatable bonds is 7. The monoisotopic (exact) mass is 447 g/mol. The van der Waals surface area contributed by atoms with Gasteiger partial charge in [0.15, 0.2) is 0 Å². The zero-order valence-electron chi connectivity index (χ0n) is 19.0. The molecule has 0 aliphatic carbocycles. The Morgan fingerprint density at radius 3 is 1.61 bits per heavy atom. The third kappa shape index (κ3) is 8.26. The number of esters is 1. The van der Waals surface area contributed by atoms with E-state index >= 15 is 0 Å². The standard InChI is InChI=1S/C20H23NO3.C7H6O2/c1-15(21(3)19(22)17-10-6-4-7-11-17)14-16(2)24-20(23)18-12-8-5-9-13-18;8-7(9)6-4-2-1-3-5-6/h4-13,15-16H,14H2,1-3H3;1-5H,(H,8,9). The van der Waals surface area contributed by atoms with Crippen molar-refractivity contribution in [2.75, 3.05) is 7.05 Å². The van der Waals surface area contributed by atoms with Gasteiger partial charge in [-0.3, -0.25) is 4.79 Å². The molecule has 3 aromatic rings. The Bertz CT molecular complexity index is 1020. The maximum Gasteiger partial charge on any atom is 0.338 e. The van der Waals surface area contributed by atoms with Crippen LogP contribution in [0.25, 0.3) is 0 Å². The molecule has 0 saturated heterocycles. The summed E-state index contributed by atoms with van der Waals surface area (Å²) < 4.78 is 5.47. The van der Waals surface area contributed by atoms with Gasteiger partial charge in [-0.1, -0.05) is 54.6 Å². The van der Waals surface area contributed by atoms with Crippen LogP contribution in [0, 0.1) is 0 Å². The fraction of sp³-hybridized carbons (Fsp3) is 0.222. The number of hydrogen-bond acceptors (Lipinski definition) is 4. The van der Waals surface area contributed by atoms with E-state index in [1.165, 1.54) is 0 Å². The highest BCUT2D eigenvalue weighted by molar-refractivity contribution is 5.94. The molecule has 33 heavy (non-hydrogen) atoms. The first-order valence-corrected chi connectivity index (χ1v) is 10.7. The van der Waals surface area contributed by atoms with Crippen molar-refractivity contribution in [3.8, 4) is 0 Å². The number of hydrogen-bond donors (Lipinski definition) is 1. The van der Waals surface area contributed by atoms with Crippen LogP contribution in [0.1, 0.15) is 51.3 Å². The minimum Gasteiger partial charge on any atom is -0.478 e. The Balaban J connectivity index is 0.000000357. The summed E-state index contributed by atoms with van der Waals surface area (Å²) in [7, 11) is 1.77. The lowest BCUT2D eigenvalue weighted by atomic mass is 10.1. The van der Waals surface area contributed by atoms with E-state index in [4.69, 9.17) is 9.84 Å². The van der Waals surface area contributed by atoms with Crippen LogP contribution in [0.15, 0.2) is 91.0 Å². The maximum atomic E-state index is 12.4. The highest BCUT2D eigenvalue weighted by Gasteiger charge is 2.21. The predicted molar refractivity (Wildman–Crippen MR) is 127 cm³/mol. The van der Waals surface area contributed by atoms with Crippen LogP contribution >= 0.6 is 0 Å². The number of carboxylic acid groups (broad SMARTS) is 1. The first-order valence-electron chi connectivity index (χ1n) is 10.7. The molecule has 6 nitrogen and oxygen atoms in total. The number of amides is 1. The third-order valence-electron chi connectivity index (χ3n) is 5.01. The van der Waals surface area contributed by atoms with Crippen LogP contribution in [0.2, 0.25) is 0 Å². The van der Waals surface area contributed by atoms with Gasteiger partial charge in [0.25, 0.3) is 5.91 Å². The summed E-state index contributed by atoms with van der Waals surface area (Å²) in [5, 5.41) is 8.38. The third-order valence-corrected chi connectivity index (χ3v) is 5.01. The van der Waals surface area contributed by atoms with Crippen molar-refractivity contribution in [1.82, 2.24) is 4.90 Å². The van der Waals surface area contributed by atoms with Crippen molar-refractivity contribution in [1.29, 1.82) is 0 Å². The highest BCUT2D eigenvalue weighted by atomic mass is 16.5. The van der Waals surface area contributed by atoms with Crippen molar-refractivity contribution in [2.45, 2.75) is 32.4 Å². The van der Waals surface area contributed by atoms with Crippen LogP contribution in [-0.2, 0) is 4.74 Å². The molecule has 3 aromatic carbocycles. The lowest BCUT2D eigenvalue weighted by Gasteiger charge is -2.27. The van der Waals surface area contributed by atoms with Gasteiger partial charge in [-0.15, -0.1) is 0 Å². The second kappa shape index (κ2) is 12.8. The second-order valence-corrected chi connectivity index (χ2v) is 7.62. The van der Waals surface area contributed by atoms with E-state index in [1.807, 2.05) is 38.1 Å². The van der Waals surface area contributed by atoms with Gasteiger partial charge in [-0.25, -0.2) is 9.59 Å². The van der Waals surface area contributed by atoms with E-state index in [2.05, 4.69) is 0 Å². The van der Waals surface area contributed by atoms with Crippen molar-refractivity contribution in [2.24, 2.45) is 0 Å². The first-order chi connectivity index (χ1) is 15.8. The molecule has 0 aromatic heterocycles. The molecule has 0 saturated carbocycles. The van der Waals surface area contributed by atoms with Gasteiger partial charge in [0.1, 0.15) is 6.10 Å². The van der Waals surface area contributed by atoms with Crippen molar-refractivity contribution in [3.63, 3.8) is 0 Å². The number of benzene rings is 3. The average Bonchev–Trinajstić information content (AvgIpc) is 2.85. The number of carbonyl (C=O) groups is 3. The van der Waals surface area contributed by atoms with Gasteiger partial charge in [-0.05, 0) is 50.2 Å². The Labute approximate surface area is 194 Å². The zero-order valence-corrected chi connectivity index (χ0v) is 19.0. The van der Waals surface area contributed by atoms with Crippen LogP contribution in [0.4, 0.5) is 0 Å². The van der Waals surface area contributed by atoms with Gasteiger partial charge in [0.05, 0.1) is 11.1 Å². The molecule has 3 rings (SSSR count). The molecule has 0 heterocycles. The van der Waals surface area contributed by atoms with E-state index in [0.717, 1.165) is 0 Å². The minimum atomic E-state index is -0.879. The average molecular weight is 448 g/mol. The molecule has 0 bridgehead atoms. The minimum absolute atomic E-state index is 0.0373. The largest absolute Gasteiger partial charge is 0.478 e. The van der Waals surface area contributed by atoms with Crippen molar-refractivity contribution < 1.29 is 24.2 Å². The fourth-order valence-corrected chi connectivity index (χ4v) is 3.08. The number of nitrogens with zero attached hydrogens (tertiary/aromatic N) is 1. The Hall–Kier alpha value is -3.93. The SMILES string of the molecule is CC(CC(C)N(C)C(=O)c1ccccc1)OC(=O)c1ccccc1.O=C(O)c1ccccc1. The molecule has 0 fully saturated rings. The van der Waals surface area contributed by atoms with E-state index < -0.39 is 5.97 Å². The van der Waals surface area contributed by atoms with Gasteiger partial charge < -0.3 is 14.7 Å². The molecular formula is C27H29NO5. The number of ether oxygens (including phenoxy) is 1. The number of aromatic carboxylic acids is 1. The Morgan fingerprint density at radius 2 is 1.18 bits per heavy atom. The number of carboxylic acids is 1. The molecule has 2 atom stereocenters. The topological polar surface area (TPSA) is 83.9 Å². The van der Waals surface area contributed by atoms with E-state index in [1.54, 1.807) is 78.7 Å². The molecule has 1 amide bonds. The molecule has 6 heteroatoms. The summed E-state index contributed by atoms with van der Waals surface area (Å²) in [4.78, 5) is 36.4. The van der Waals surface area contributed by atoms with Crippen LogP contribution in [-0.4, -0.2) is 47.0 Å². The lowest BCUT2D eigenvalue weighted by Crippen LogP contribution is -2.37. The summed E-state index contributed by atoms with van der Waals surface area (Å²) >= 11 is 0. The molecule has 0 radical (unpaired) electrons. The van der Waals surface area contributed by atoms with Crippen molar-refractivity contribution >= 4 is 17.8 Å². The quantitative estimate of drug-likeness (QED) is 0.505. The van der Waals surface area contributed by atoms with E-state index in [9.17, 15) is 14.4 Å². The normalized spacial score (nSPS) is 11.8. The summed E-state index contributed by atoms with van der Waals surface area (Å²) in [5.74, 6) is -1.26. The van der Waals surface area contributed by atoms with Gasteiger partial charge in [0, 0.05) is 25.1 Å². The zero-order chi connectivity index (χ0) is 24.2. The summed E-state index contributed by atoms with van der Waals surface area (Å²) in [6.07, 6.45) is 0.298. The van der Waals surface area contributed by atoms with Crippen LogP contribution < -0.4 is 0 Å². The molecule has 1 N–H and O–H groups in total. The molecule has 0 aliphatic heterocycles. The summed E-state index contributed by atoms with van der Waals surface area (Å²) in [5.41, 5.74) is 1.52. The molecule has 172 valence electrons. The predicted octanol–water partition coefficient (Wildman–Crippen LogP) is 5.17. The van der Waals surface area contributed by atoms with Crippen LogP contribution in [0.3, 0.4) is 0 Å². The van der Waals surface area contributed by atoms with Crippen molar-refractivity contribution in [3.05, 3.63) is 108 Å². The van der Waals surface area contributed by atoms with E-state index in [-0.39, 0.29) is 24.0 Å². The number of carbonyl (C=O) groups excluding carboxylic acids is 2. The molecule has 0 aliphatic rings. The first kappa shape index (κ1) is 25.3. The Morgan fingerprint density at radius 1 is 0.758 bits per heavy atom. The fourth-order valence-electron chi connectivity index (χ4n) is 3.08. The van der Waals surface area contributed by atoms with Gasteiger partial charge in [-0.2, -0.15) is 0 Å².